The standard InChI is InChI=1S/C14H20N2O10/c17-3-5-8(20)10(22)12(25-5)14(11(23)9(21)6(4-18)26-14)16-2-1-7(19)15-13(16)24/h1-2,5-6,8-12,17-18,20-23H,3-4H2,(H,15,19,24)/t5-,6-,8-,9-,10+,11-,12?,14+/m1/s1. The van der Waals surface area contributed by atoms with Gasteiger partial charge in [-0.1, -0.05) is 0 Å². The van der Waals surface area contributed by atoms with Gasteiger partial charge in [0, 0.05) is 12.3 Å². The molecule has 1 aromatic rings. The van der Waals surface area contributed by atoms with Gasteiger partial charge < -0.3 is 40.1 Å². The van der Waals surface area contributed by atoms with Gasteiger partial charge in [0.2, 0.25) is 5.72 Å². The molecule has 146 valence electrons. The summed E-state index contributed by atoms with van der Waals surface area (Å²) >= 11 is 0. The third kappa shape index (κ3) is 2.62. The van der Waals surface area contributed by atoms with Gasteiger partial charge in [-0.05, 0) is 0 Å². The molecule has 12 nitrogen and oxygen atoms in total. The molecular formula is C14H20N2O10. The van der Waals surface area contributed by atoms with E-state index in [9.17, 15) is 40.2 Å². The fourth-order valence-corrected chi connectivity index (χ4v) is 3.48. The lowest BCUT2D eigenvalue weighted by molar-refractivity contribution is -0.234. The first-order valence-electron chi connectivity index (χ1n) is 7.87. The van der Waals surface area contributed by atoms with E-state index in [1.807, 2.05) is 4.98 Å². The number of ether oxygens (including phenoxy) is 2. The van der Waals surface area contributed by atoms with E-state index in [1.165, 1.54) is 0 Å². The van der Waals surface area contributed by atoms with E-state index in [0.29, 0.717) is 4.57 Å². The first kappa shape index (κ1) is 19.1. The van der Waals surface area contributed by atoms with Crippen molar-refractivity contribution in [2.24, 2.45) is 0 Å². The molecule has 12 heteroatoms. The van der Waals surface area contributed by atoms with Crippen LogP contribution in [0, 0.1) is 0 Å². The van der Waals surface area contributed by atoms with Crippen molar-refractivity contribution in [3.05, 3.63) is 33.1 Å². The lowest BCUT2D eigenvalue weighted by atomic mass is 9.92. The van der Waals surface area contributed by atoms with Gasteiger partial charge in [0.05, 0.1) is 13.2 Å². The maximum absolute atomic E-state index is 12.3. The predicted molar refractivity (Wildman–Crippen MR) is 81.0 cm³/mol. The van der Waals surface area contributed by atoms with Crippen LogP contribution in [0.4, 0.5) is 0 Å². The van der Waals surface area contributed by atoms with E-state index in [-0.39, 0.29) is 0 Å². The zero-order valence-corrected chi connectivity index (χ0v) is 13.4. The van der Waals surface area contributed by atoms with E-state index in [4.69, 9.17) is 9.47 Å². The van der Waals surface area contributed by atoms with Crippen LogP contribution in [0.3, 0.4) is 0 Å². The summed E-state index contributed by atoms with van der Waals surface area (Å²) < 4.78 is 11.6. The van der Waals surface area contributed by atoms with Crippen molar-refractivity contribution in [2.45, 2.75) is 48.5 Å². The highest BCUT2D eigenvalue weighted by atomic mass is 16.6. The van der Waals surface area contributed by atoms with E-state index >= 15 is 0 Å². The molecule has 2 saturated heterocycles. The van der Waals surface area contributed by atoms with Crippen molar-refractivity contribution in [2.75, 3.05) is 13.2 Å². The van der Waals surface area contributed by atoms with Crippen LogP contribution in [0.2, 0.25) is 0 Å². The first-order valence-corrected chi connectivity index (χ1v) is 7.87. The summed E-state index contributed by atoms with van der Waals surface area (Å²) in [6.45, 7) is -1.40. The van der Waals surface area contributed by atoms with Gasteiger partial charge in [-0.15, -0.1) is 0 Å². The van der Waals surface area contributed by atoms with Gasteiger partial charge in [0.1, 0.15) is 42.7 Å². The second-order valence-corrected chi connectivity index (χ2v) is 6.27. The first-order chi connectivity index (χ1) is 12.3. The Morgan fingerprint density at radius 2 is 1.69 bits per heavy atom. The normalized spacial score (nSPS) is 43.1. The fourth-order valence-electron chi connectivity index (χ4n) is 3.48. The van der Waals surface area contributed by atoms with Crippen LogP contribution in [0.5, 0.6) is 0 Å². The largest absolute Gasteiger partial charge is 0.394 e. The Hall–Kier alpha value is -1.64. The second-order valence-electron chi connectivity index (χ2n) is 6.27. The topological polar surface area (TPSA) is 195 Å². The molecule has 0 radical (unpaired) electrons. The SMILES string of the molecule is O=c1ccn([C@]2(C3O[C@H](CO)[C@@H](O)[C@@H]3O)O[C@H](CO)[C@@H](O)[C@H]2O)c(=O)[nH]1. The Morgan fingerprint density at radius 1 is 1.04 bits per heavy atom. The quantitative estimate of drug-likeness (QED) is 0.267. The van der Waals surface area contributed by atoms with Crippen molar-refractivity contribution in [3.63, 3.8) is 0 Å². The molecule has 7 N–H and O–H groups in total. The minimum Gasteiger partial charge on any atom is -0.394 e. The third-order valence-corrected chi connectivity index (χ3v) is 4.80. The van der Waals surface area contributed by atoms with E-state index < -0.39 is 72.9 Å². The number of nitrogens with zero attached hydrogens (tertiary/aromatic N) is 1. The molecule has 3 heterocycles. The van der Waals surface area contributed by atoms with Crippen LogP contribution < -0.4 is 11.2 Å². The molecule has 0 aliphatic carbocycles. The van der Waals surface area contributed by atoms with E-state index in [0.717, 1.165) is 12.3 Å². The minimum absolute atomic E-state index is 0.673. The maximum atomic E-state index is 12.3. The molecule has 8 atom stereocenters. The molecule has 0 spiro atoms. The number of aliphatic hydroxyl groups excluding tert-OH is 6. The Kier molecular flexibility index (Phi) is 5.02. The number of aromatic nitrogens is 2. The molecule has 2 fully saturated rings. The maximum Gasteiger partial charge on any atom is 0.330 e. The van der Waals surface area contributed by atoms with Gasteiger partial charge in [0.15, 0.2) is 0 Å². The lowest BCUT2D eigenvalue weighted by Gasteiger charge is -2.39. The van der Waals surface area contributed by atoms with Crippen LogP contribution >= 0.6 is 0 Å². The van der Waals surface area contributed by atoms with Crippen molar-refractivity contribution in [3.8, 4) is 0 Å². The van der Waals surface area contributed by atoms with Gasteiger partial charge in [-0.25, -0.2) is 4.79 Å². The summed E-state index contributed by atoms with van der Waals surface area (Å²) in [5, 5.41) is 59.8. The van der Waals surface area contributed by atoms with E-state index in [1.54, 1.807) is 0 Å². The third-order valence-electron chi connectivity index (χ3n) is 4.80. The van der Waals surface area contributed by atoms with Gasteiger partial charge >= 0.3 is 5.69 Å². The highest BCUT2D eigenvalue weighted by Gasteiger charge is 2.65. The molecular weight excluding hydrogens is 356 g/mol. The summed E-state index contributed by atoms with van der Waals surface area (Å²) in [4.78, 5) is 25.6. The summed E-state index contributed by atoms with van der Waals surface area (Å²) in [5.74, 6) is 0. The number of aromatic amines is 1. The van der Waals surface area contributed by atoms with Gasteiger partial charge in [-0.2, -0.15) is 0 Å². The molecule has 26 heavy (non-hydrogen) atoms. The number of H-pyrrole nitrogens is 1. The summed E-state index contributed by atoms with van der Waals surface area (Å²) in [7, 11) is 0. The summed E-state index contributed by atoms with van der Waals surface area (Å²) in [6.07, 6.45) is -10.1. The number of aliphatic hydroxyl groups is 6. The number of rotatable bonds is 4. The minimum atomic E-state index is -2.28. The molecule has 0 bridgehead atoms. The van der Waals surface area contributed by atoms with Crippen molar-refractivity contribution in [1.82, 2.24) is 9.55 Å². The highest BCUT2D eigenvalue weighted by molar-refractivity contribution is 5.10. The fraction of sp³-hybridized carbons (Fsp3) is 0.714. The Labute approximate surface area is 145 Å². The molecule has 1 unspecified atom stereocenters. The smallest absolute Gasteiger partial charge is 0.330 e. The molecule has 0 aromatic carbocycles. The number of hydrogen-bond donors (Lipinski definition) is 7. The average molecular weight is 376 g/mol. The zero-order valence-electron chi connectivity index (χ0n) is 13.4. The van der Waals surface area contributed by atoms with Crippen LogP contribution in [-0.4, -0.2) is 96.1 Å². The highest BCUT2D eigenvalue weighted by Crippen LogP contribution is 2.43. The average Bonchev–Trinajstić information content (AvgIpc) is 3.04. The van der Waals surface area contributed by atoms with Crippen LogP contribution in [-0.2, 0) is 15.2 Å². The molecule has 0 saturated carbocycles. The monoisotopic (exact) mass is 376 g/mol. The molecule has 0 amide bonds. The zero-order chi connectivity index (χ0) is 19.2. The van der Waals surface area contributed by atoms with Crippen molar-refractivity contribution >= 4 is 0 Å². The molecule has 2 aliphatic rings. The van der Waals surface area contributed by atoms with Crippen LogP contribution in [0.1, 0.15) is 0 Å². The molecule has 2 aliphatic heterocycles. The second kappa shape index (κ2) is 6.83. The van der Waals surface area contributed by atoms with Crippen molar-refractivity contribution < 1.29 is 40.1 Å². The number of hydrogen-bond acceptors (Lipinski definition) is 10. The van der Waals surface area contributed by atoms with Gasteiger partial charge in [0.25, 0.3) is 5.56 Å². The Balaban J connectivity index is 2.18. The Bertz CT molecular complexity index is 765. The van der Waals surface area contributed by atoms with Crippen molar-refractivity contribution in [1.29, 1.82) is 0 Å². The summed E-state index contributed by atoms with van der Waals surface area (Å²) in [5.41, 5.74) is -4.06. The summed E-state index contributed by atoms with van der Waals surface area (Å²) in [6, 6.07) is 0.944. The van der Waals surface area contributed by atoms with Crippen LogP contribution in [0.15, 0.2) is 21.9 Å². The number of nitrogens with one attached hydrogen (secondary N) is 1. The van der Waals surface area contributed by atoms with E-state index in [2.05, 4.69) is 0 Å². The molecule has 1 aromatic heterocycles. The van der Waals surface area contributed by atoms with Gasteiger partial charge in [-0.3, -0.25) is 14.3 Å². The lowest BCUT2D eigenvalue weighted by Crippen LogP contribution is -2.61. The Morgan fingerprint density at radius 3 is 2.19 bits per heavy atom. The molecule has 3 rings (SSSR count). The van der Waals surface area contributed by atoms with Crippen LogP contribution in [0.25, 0.3) is 0 Å². The predicted octanol–water partition coefficient (Wildman–Crippen LogP) is -5.22.